The minimum absolute atomic E-state index is 0.0487. The van der Waals surface area contributed by atoms with E-state index in [0.29, 0.717) is 12.3 Å². The van der Waals surface area contributed by atoms with Crippen molar-refractivity contribution in [2.75, 3.05) is 13.7 Å². The van der Waals surface area contributed by atoms with E-state index in [1.807, 2.05) is 0 Å². The lowest BCUT2D eigenvalue weighted by Crippen LogP contribution is -2.42. The molecule has 0 radical (unpaired) electrons. The highest BCUT2D eigenvalue weighted by Gasteiger charge is 2.37. The molecule has 21 heavy (non-hydrogen) atoms. The number of pyridine rings is 1. The first-order valence-corrected chi connectivity index (χ1v) is 9.91. The number of rotatable bonds is 6. The van der Waals surface area contributed by atoms with Crippen molar-refractivity contribution in [1.82, 2.24) is 10.3 Å². The van der Waals surface area contributed by atoms with Crippen LogP contribution in [0.25, 0.3) is 0 Å². The van der Waals surface area contributed by atoms with Crippen LogP contribution in [0.15, 0.2) is 18.3 Å². The molecule has 0 spiro atoms. The summed E-state index contributed by atoms with van der Waals surface area (Å²) >= 11 is 0. The van der Waals surface area contributed by atoms with E-state index in [2.05, 4.69) is 44.2 Å². The van der Waals surface area contributed by atoms with Gasteiger partial charge in [-0.1, -0.05) is 20.8 Å². The van der Waals surface area contributed by atoms with Crippen LogP contribution in [0, 0.1) is 10.1 Å². The van der Waals surface area contributed by atoms with Crippen LogP contribution in [0.4, 0.5) is 5.69 Å². The minimum Gasteiger partial charge on any atom is -0.415 e. The number of hydrogen-bond donors (Lipinski definition) is 1. The fourth-order valence-electron chi connectivity index (χ4n) is 1.57. The molecule has 0 aliphatic carbocycles. The van der Waals surface area contributed by atoms with Crippen molar-refractivity contribution < 1.29 is 9.35 Å². The molecule has 0 fully saturated rings. The van der Waals surface area contributed by atoms with Crippen molar-refractivity contribution >= 4 is 14.0 Å². The Kier molecular flexibility index (Phi) is 5.60. The minimum atomic E-state index is -1.85. The largest absolute Gasteiger partial charge is 0.415 e. The number of aromatic nitrogens is 1. The maximum atomic E-state index is 10.8. The molecule has 1 rings (SSSR count). The summed E-state index contributed by atoms with van der Waals surface area (Å²) in [5.41, 5.74) is 0.679. The lowest BCUT2D eigenvalue weighted by molar-refractivity contribution is -0.385. The molecule has 0 aliphatic heterocycles. The monoisotopic (exact) mass is 311 g/mol. The Balaban J connectivity index is 2.85. The van der Waals surface area contributed by atoms with E-state index in [0.717, 1.165) is 0 Å². The van der Waals surface area contributed by atoms with Crippen molar-refractivity contribution in [3.63, 3.8) is 0 Å². The quantitative estimate of drug-likeness (QED) is 0.495. The summed E-state index contributed by atoms with van der Waals surface area (Å²) in [4.78, 5) is 14.7. The normalized spacial score (nSPS) is 14.0. The predicted molar refractivity (Wildman–Crippen MR) is 85.8 cm³/mol. The van der Waals surface area contributed by atoms with Crippen LogP contribution in [-0.2, 0) is 4.43 Å². The van der Waals surface area contributed by atoms with Crippen molar-refractivity contribution in [2.24, 2.45) is 0 Å². The van der Waals surface area contributed by atoms with Crippen molar-refractivity contribution in [3.05, 3.63) is 34.1 Å². The Labute approximate surface area is 127 Å². The molecule has 1 aromatic heterocycles. The van der Waals surface area contributed by atoms with Gasteiger partial charge in [0.1, 0.15) is 0 Å². The molecule has 1 N–H and O–H groups in total. The Morgan fingerprint density at radius 3 is 2.57 bits per heavy atom. The molecule has 1 aromatic rings. The second kappa shape index (κ2) is 6.63. The number of nitro groups is 1. The molecular formula is C14H25N3O3Si. The van der Waals surface area contributed by atoms with Crippen molar-refractivity contribution in [1.29, 1.82) is 0 Å². The molecule has 1 unspecified atom stereocenters. The van der Waals surface area contributed by atoms with E-state index in [1.54, 1.807) is 7.05 Å². The Hall–Kier alpha value is -1.31. The van der Waals surface area contributed by atoms with Gasteiger partial charge in [0, 0.05) is 18.3 Å². The van der Waals surface area contributed by atoms with Gasteiger partial charge in [-0.15, -0.1) is 0 Å². The molecule has 7 heteroatoms. The molecule has 0 aromatic carbocycles. The summed E-state index contributed by atoms with van der Waals surface area (Å²) in [7, 11) is -0.0482. The molecule has 0 saturated carbocycles. The van der Waals surface area contributed by atoms with Crippen molar-refractivity contribution in [3.8, 4) is 0 Å². The smallest absolute Gasteiger partial charge is 0.272 e. The lowest BCUT2D eigenvalue weighted by Gasteiger charge is -2.37. The maximum absolute atomic E-state index is 10.8. The molecule has 0 saturated heterocycles. The molecular weight excluding hydrogens is 286 g/mol. The van der Waals surface area contributed by atoms with Gasteiger partial charge in [0.25, 0.3) is 5.69 Å². The number of nitrogens with one attached hydrogen (secondary N) is 1. The maximum Gasteiger partial charge on any atom is 0.272 e. The van der Waals surface area contributed by atoms with Gasteiger partial charge in [0.15, 0.2) is 8.32 Å². The van der Waals surface area contributed by atoms with Crippen molar-refractivity contribution in [2.45, 2.75) is 44.9 Å². The first kappa shape index (κ1) is 17.7. The first-order valence-electron chi connectivity index (χ1n) is 7.00. The van der Waals surface area contributed by atoms with E-state index >= 15 is 0 Å². The second-order valence-electron chi connectivity index (χ2n) is 6.61. The van der Waals surface area contributed by atoms with Gasteiger partial charge in [-0.3, -0.25) is 15.1 Å². The van der Waals surface area contributed by atoms with Gasteiger partial charge in [-0.2, -0.15) is 0 Å². The van der Waals surface area contributed by atoms with E-state index in [9.17, 15) is 10.1 Å². The van der Waals surface area contributed by atoms with Crippen LogP contribution in [0.2, 0.25) is 18.1 Å². The average molecular weight is 311 g/mol. The van der Waals surface area contributed by atoms with Gasteiger partial charge in [0.05, 0.1) is 23.3 Å². The topological polar surface area (TPSA) is 77.3 Å². The first-order chi connectivity index (χ1) is 9.58. The number of nitrogens with zero attached hydrogens (tertiary/aromatic N) is 2. The summed E-state index contributed by atoms with van der Waals surface area (Å²) in [5, 5.41) is 14.1. The zero-order valence-electron chi connectivity index (χ0n) is 13.6. The van der Waals surface area contributed by atoms with Gasteiger partial charge in [-0.05, 0) is 25.2 Å². The van der Waals surface area contributed by atoms with Crippen LogP contribution in [-0.4, -0.2) is 31.9 Å². The highest BCUT2D eigenvalue weighted by molar-refractivity contribution is 6.74. The number of likely N-dealkylation sites (N-methyl/N-ethyl adjacent to an activating group) is 1. The Morgan fingerprint density at radius 1 is 1.48 bits per heavy atom. The van der Waals surface area contributed by atoms with Crippen LogP contribution in [0.1, 0.15) is 32.5 Å². The van der Waals surface area contributed by atoms with Gasteiger partial charge in [0.2, 0.25) is 0 Å². The summed E-state index contributed by atoms with van der Waals surface area (Å²) in [6, 6.07) is 2.74. The van der Waals surface area contributed by atoms with Gasteiger partial charge in [-0.25, -0.2) is 0 Å². The Bertz CT molecular complexity index is 500. The molecule has 6 nitrogen and oxygen atoms in total. The van der Waals surface area contributed by atoms with E-state index in [-0.39, 0.29) is 16.8 Å². The van der Waals surface area contributed by atoms with E-state index < -0.39 is 13.2 Å². The second-order valence-corrected chi connectivity index (χ2v) is 11.4. The third-order valence-corrected chi connectivity index (χ3v) is 8.60. The molecule has 1 heterocycles. The highest BCUT2D eigenvalue weighted by Crippen LogP contribution is 2.37. The molecule has 0 aliphatic rings. The zero-order valence-corrected chi connectivity index (χ0v) is 14.6. The average Bonchev–Trinajstić information content (AvgIpc) is 2.38. The Morgan fingerprint density at radius 2 is 2.10 bits per heavy atom. The van der Waals surface area contributed by atoms with Crippen LogP contribution in [0.5, 0.6) is 0 Å². The molecule has 1 atom stereocenters. The molecule has 0 bridgehead atoms. The fraction of sp³-hybridized carbons (Fsp3) is 0.643. The van der Waals surface area contributed by atoms with Crippen LogP contribution in [0.3, 0.4) is 0 Å². The number of hydrogen-bond acceptors (Lipinski definition) is 5. The molecule has 118 valence electrons. The summed E-state index contributed by atoms with van der Waals surface area (Å²) in [6.45, 7) is 11.4. The van der Waals surface area contributed by atoms with Crippen LogP contribution < -0.4 is 5.32 Å². The molecule has 0 amide bonds. The van der Waals surface area contributed by atoms with E-state index in [1.165, 1.54) is 18.3 Å². The highest BCUT2D eigenvalue weighted by atomic mass is 28.4. The summed E-state index contributed by atoms with van der Waals surface area (Å²) in [6.07, 6.45) is 1.46. The fourth-order valence-corrected chi connectivity index (χ4v) is 2.58. The van der Waals surface area contributed by atoms with Crippen LogP contribution >= 0.6 is 0 Å². The SMILES string of the molecule is CNC(CO[Si](C)(C)C(C)(C)C)c1cc([N+](=O)[O-])ccn1. The van der Waals surface area contributed by atoms with E-state index in [4.69, 9.17) is 4.43 Å². The third-order valence-electron chi connectivity index (χ3n) is 4.10. The summed E-state index contributed by atoms with van der Waals surface area (Å²) in [5.74, 6) is 0. The van der Waals surface area contributed by atoms with Gasteiger partial charge >= 0.3 is 0 Å². The van der Waals surface area contributed by atoms with Gasteiger partial charge < -0.3 is 9.74 Å². The predicted octanol–water partition coefficient (Wildman–Crippen LogP) is 3.27. The third kappa shape index (κ3) is 4.59. The standard InChI is InChI=1S/C14H25N3O3Si/c1-14(2,3)21(5,6)20-10-13(15-4)12-9-11(17(18)19)7-8-16-12/h7-9,13,15H,10H2,1-6H3. The zero-order chi connectivity index (χ0) is 16.3. The summed E-state index contributed by atoms with van der Waals surface area (Å²) < 4.78 is 6.17. The lowest BCUT2D eigenvalue weighted by atomic mass is 10.2.